The zero-order valence-corrected chi connectivity index (χ0v) is 11.8. The molecule has 19 heavy (non-hydrogen) atoms. The van der Waals surface area contributed by atoms with E-state index in [1.165, 1.54) is 7.11 Å². The van der Waals surface area contributed by atoms with Crippen LogP contribution in [0.15, 0.2) is 18.2 Å². The van der Waals surface area contributed by atoms with E-state index in [9.17, 15) is 9.59 Å². The molecule has 0 saturated carbocycles. The molecule has 0 spiro atoms. The van der Waals surface area contributed by atoms with Crippen molar-refractivity contribution in [3.8, 4) is 5.75 Å². The Hall–Kier alpha value is -1.55. The molecule has 0 amide bonds. The number of ether oxygens (including phenoxy) is 2. The largest absolute Gasteiger partial charge is 0.496 e. The Balaban J connectivity index is 2.66. The van der Waals surface area contributed by atoms with Gasteiger partial charge in [0.05, 0.1) is 30.7 Å². The smallest absolute Gasteiger partial charge is 0.306 e. The molecule has 0 bridgehead atoms. The lowest BCUT2D eigenvalue weighted by atomic mass is 10.1. The number of rotatable bonds is 7. The number of ketones is 1. The molecule has 0 aliphatic carbocycles. The van der Waals surface area contributed by atoms with E-state index in [0.717, 1.165) is 6.42 Å². The van der Waals surface area contributed by atoms with Gasteiger partial charge in [-0.3, -0.25) is 9.59 Å². The highest BCUT2D eigenvalue weighted by Crippen LogP contribution is 2.27. The van der Waals surface area contributed by atoms with Crippen LogP contribution in [-0.4, -0.2) is 25.5 Å². The number of hydrogen-bond acceptors (Lipinski definition) is 4. The first-order chi connectivity index (χ1) is 9.10. The van der Waals surface area contributed by atoms with Gasteiger partial charge in [-0.05, 0) is 18.6 Å². The molecule has 1 rings (SSSR count). The van der Waals surface area contributed by atoms with Crippen LogP contribution in [-0.2, 0) is 9.53 Å². The summed E-state index contributed by atoms with van der Waals surface area (Å²) in [5, 5.41) is 0.325. The molecule has 0 N–H and O–H groups in total. The highest BCUT2D eigenvalue weighted by atomic mass is 35.5. The molecule has 1 aromatic rings. The lowest BCUT2D eigenvalue weighted by molar-refractivity contribution is -0.143. The Bertz CT molecular complexity index is 457. The topological polar surface area (TPSA) is 52.6 Å². The van der Waals surface area contributed by atoms with Gasteiger partial charge in [-0.15, -0.1) is 0 Å². The lowest BCUT2D eigenvalue weighted by Gasteiger charge is -2.09. The van der Waals surface area contributed by atoms with Gasteiger partial charge < -0.3 is 9.47 Å². The number of methoxy groups -OCH3 is 1. The molecule has 5 heteroatoms. The summed E-state index contributed by atoms with van der Waals surface area (Å²) in [6.07, 6.45) is 0.869. The van der Waals surface area contributed by atoms with Crippen molar-refractivity contribution in [2.24, 2.45) is 0 Å². The fraction of sp³-hybridized carbons (Fsp3) is 0.429. The molecule has 0 radical (unpaired) electrons. The van der Waals surface area contributed by atoms with E-state index in [1.807, 2.05) is 6.92 Å². The van der Waals surface area contributed by atoms with Gasteiger partial charge in [-0.1, -0.05) is 24.6 Å². The third-order valence-corrected chi connectivity index (χ3v) is 2.81. The van der Waals surface area contributed by atoms with Gasteiger partial charge in [0, 0.05) is 6.42 Å². The Morgan fingerprint density at radius 1 is 1.26 bits per heavy atom. The van der Waals surface area contributed by atoms with Gasteiger partial charge in [0.2, 0.25) is 0 Å². The Morgan fingerprint density at radius 3 is 2.63 bits per heavy atom. The van der Waals surface area contributed by atoms with Crippen molar-refractivity contribution < 1.29 is 19.1 Å². The molecule has 0 heterocycles. The second-order valence-electron chi connectivity index (χ2n) is 3.96. The number of carbonyl (C=O) groups is 2. The average Bonchev–Trinajstić information content (AvgIpc) is 2.42. The SMILES string of the molecule is CCCOC(=O)CCC(=O)c1c(Cl)cccc1OC. The summed E-state index contributed by atoms with van der Waals surface area (Å²) >= 11 is 5.98. The van der Waals surface area contributed by atoms with E-state index < -0.39 is 0 Å². The summed E-state index contributed by atoms with van der Waals surface area (Å²) in [6, 6.07) is 4.98. The van der Waals surface area contributed by atoms with Crippen LogP contribution in [0.1, 0.15) is 36.5 Å². The molecule has 0 aliphatic rings. The molecule has 4 nitrogen and oxygen atoms in total. The Labute approximate surface area is 117 Å². The summed E-state index contributed by atoms with van der Waals surface area (Å²) in [4.78, 5) is 23.4. The molecular formula is C14H17ClO4. The van der Waals surface area contributed by atoms with Crippen molar-refractivity contribution in [3.63, 3.8) is 0 Å². The molecule has 1 aromatic carbocycles. The van der Waals surface area contributed by atoms with E-state index in [2.05, 4.69) is 0 Å². The van der Waals surface area contributed by atoms with Crippen LogP contribution in [0.5, 0.6) is 5.75 Å². The third-order valence-electron chi connectivity index (χ3n) is 2.50. The van der Waals surface area contributed by atoms with Crippen LogP contribution in [0.2, 0.25) is 5.02 Å². The van der Waals surface area contributed by atoms with Gasteiger partial charge in [0.1, 0.15) is 5.75 Å². The summed E-state index contributed by atoms with van der Waals surface area (Å²) in [6.45, 7) is 2.29. The predicted molar refractivity (Wildman–Crippen MR) is 72.8 cm³/mol. The minimum absolute atomic E-state index is 0.0488. The summed E-state index contributed by atoms with van der Waals surface area (Å²) in [5.41, 5.74) is 0.315. The number of hydrogen-bond donors (Lipinski definition) is 0. The van der Waals surface area contributed by atoms with Crippen LogP contribution in [0.25, 0.3) is 0 Å². The first kappa shape index (κ1) is 15.5. The first-order valence-electron chi connectivity index (χ1n) is 6.11. The third kappa shape index (κ3) is 4.56. The summed E-state index contributed by atoms with van der Waals surface area (Å²) in [7, 11) is 1.47. The zero-order valence-electron chi connectivity index (χ0n) is 11.1. The highest BCUT2D eigenvalue weighted by Gasteiger charge is 2.17. The van der Waals surface area contributed by atoms with Gasteiger partial charge in [-0.2, -0.15) is 0 Å². The van der Waals surface area contributed by atoms with E-state index >= 15 is 0 Å². The second kappa shape index (κ2) is 7.79. The molecule has 0 saturated heterocycles. The zero-order chi connectivity index (χ0) is 14.3. The van der Waals surface area contributed by atoms with E-state index in [-0.39, 0.29) is 24.6 Å². The van der Waals surface area contributed by atoms with Crippen molar-refractivity contribution in [3.05, 3.63) is 28.8 Å². The predicted octanol–water partition coefficient (Wildman–Crippen LogP) is 3.26. The fourth-order valence-corrected chi connectivity index (χ4v) is 1.84. The Morgan fingerprint density at radius 2 is 2.00 bits per heavy atom. The molecule has 0 aliphatic heterocycles. The van der Waals surface area contributed by atoms with Crippen molar-refractivity contribution >= 4 is 23.4 Å². The maximum absolute atomic E-state index is 12.1. The van der Waals surface area contributed by atoms with Gasteiger partial charge in [0.25, 0.3) is 0 Å². The second-order valence-corrected chi connectivity index (χ2v) is 4.37. The number of Topliss-reactive ketones (excluding diaryl/α,β-unsaturated/α-hetero) is 1. The maximum Gasteiger partial charge on any atom is 0.306 e. The molecule has 0 aromatic heterocycles. The van der Waals surface area contributed by atoms with E-state index in [4.69, 9.17) is 21.1 Å². The number of halogens is 1. The number of esters is 1. The van der Waals surface area contributed by atoms with Crippen molar-refractivity contribution in [2.45, 2.75) is 26.2 Å². The van der Waals surface area contributed by atoms with Gasteiger partial charge in [-0.25, -0.2) is 0 Å². The molecular weight excluding hydrogens is 268 g/mol. The monoisotopic (exact) mass is 284 g/mol. The van der Waals surface area contributed by atoms with Crippen LogP contribution in [0, 0.1) is 0 Å². The van der Waals surface area contributed by atoms with Crippen LogP contribution in [0.3, 0.4) is 0 Å². The van der Waals surface area contributed by atoms with Crippen molar-refractivity contribution in [2.75, 3.05) is 13.7 Å². The van der Waals surface area contributed by atoms with Crippen molar-refractivity contribution in [1.82, 2.24) is 0 Å². The van der Waals surface area contributed by atoms with Crippen LogP contribution >= 0.6 is 11.6 Å². The standard InChI is InChI=1S/C14H17ClO4/c1-3-9-19-13(17)8-7-11(16)14-10(15)5-4-6-12(14)18-2/h4-6H,3,7-9H2,1-2H3. The normalized spacial score (nSPS) is 10.1. The fourth-order valence-electron chi connectivity index (χ4n) is 1.57. The molecule has 0 fully saturated rings. The van der Waals surface area contributed by atoms with Crippen LogP contribution in [0.4, 0.5) is 0 Å². The number of benzene rings is 1. The minimum atomic E-state index is -0.374. The minimum Gasteiger partial charge on any atom is -0.496 e. The summed E-state index contributed by atoms with van der Waals surface area (Å²) < 4.78 is 10.0. The van der Waals surface area contributed by atoms with Gasteiger partial charge >= 0.3 is 5.97 Å². The lowest BCUT2D eigenvalue weighted by Crippen LogP contribution is -2.10. The average molecular weight is 285 g/mol. The van der Waals surface area contributed by atoms with E-state index in [1.54, 1.807) is 18.2 Å². The molecule has 0 atom stereocenters. The number of carbonyl (C=O) groups excluding carboxylic acids is 2. The van der Waals surface area contributed by atoms with Crippen LogP contribution < -0.4 is 4.74 Å². The molecule has 0 unspecified atom stereocenters. The van der Waals surface area contributed by atoms with Crippen molar-refractivity contribution in [1.29, 1.82) is 0 Å². The van der Waals surface area contributed by atoms with Gasteiger partial charge in [0.15, 0.2) is 5.78 Å². The van der Waals surface area contributed by atoms with E-state index in [0.29, 0.717) is 22.9 Å². The summed E-state index contributed by atoms with van der Waals surface area (Å²) in [5.74, 6) is -0.184. The quantitative estimate of drug-likeness (QED) is 0.570. The Kier molecular flexibility index (Phi) is 6.36. The molecule has 104 valence electrons. The maximum atomic E-state index is 12.1. The first-order valence-corrected chi connectivity index (χ1v) is 6.49. The highest BCUT2D eigenvalue weighted by molar-refractivity contribution is 6.34.